The SMILES string of the molecule is Cc1ccc(C(=O)Nc2c(F)c(F)c(F)c(F)c2F)cc1. The van der Waals surface area contributed by atoms with Crippen molar-refractivity contribution in [3.05, 3.63) is 64.5 Å². The summed E-state index contributed by atoms with van der Waals surface area (Å²) in [6, 6.07) is 5.84. The highest BCUT2D eigenvalue weighted by molar-refractivity contribution is 6.04. The maximum atomic E-state index is 13.4. The molecule has 0 atom stereocenters. The first-order valence-corrected chi connectivity index (χ1v) is 5.72. The Kier molecular flexibility index (Phi) is 3.93. The molecule has 0 fully saturated rings. The molecule has 110 valence electrons. The number of carbonyl (C=O) groups is 1. The summed E-state index contributed by atoms with van der Waals surface area (Å²) in [6.45, 7) is 1.76. The number of amides is 1. The van der Waals surface area contributed by atoms with Crippen molar-refractivity contribution in [3.63, 3.8) is 0 Å². The second-order valence-electron chi connectivity index (χ2n) is 4.27. The lowest BCUT2D eigenvalue weighted by atomic mass is 10.1. The summed E-state index contributed by atoms with van der Waals surface area (Å²) in [5.41, 5.74) is -0.524. The molecule has 2 aromatic carbocycles. The van der Waals surface area contributed by atoms with Gasteiger partial charge in [-0.1, -0.05) is 17.7 Å². The van der Waals surface area contributed by atoms with E-state index in [0.717, 1.165) is 5.56 Å². The highest BCUT2D eigenvalue weighted by atomic mass is 19.2. The molecule has 0 aromatic heterocycles. The van der Waals surface area contributed by atoms with Gasteiger partial charge in [0, 0.05) is 5.56 Å². The molecule has 0 saturated carbocycles. The summed E-state index contributed by atoms with van der Waals surface area (Å²) in [4.78, 5) is 11.8. The lowest BCUT2D eigenvalue weighted by Crippen LogP contribution is -2.16. The number of nitrogens with one attached hydrogen (secondary N) is 1. The molecule has 0 radical (unpaired) electrons. The summed E-state index contributed by atoms with van der Waals surface area (Å²) in [7, 11) is 0. The average Bonchev–Trinajstić information content (AvgIpc) is 2.48. The second-order valence-corrected chi connectivity index (χ2v) is 4.27. The van der Waals surface area contributed by atoms with E-state index < -0.39 is 40.7 Å². The van der Waals surface area contributed by atoms with Gasteiger partial charge in [-0.3, -0.25) is 4.79 Å². The van der Waals surface area contributed by atoms with Crippen LogP contribution in [0.3, 0.4) is 0 Å². The van der Waals surface area contributed by atoms with E-state index in [1.54, 1.807) is 24.4 Å². The normalized spacial score (nSPS) is 10.6. The fourth-order valence-corrected chi connectivity index (χ4v) is 1.61. The molecule has 2 rings (SSSR count). The van der Waals surface area contributed by atoms with Crippen molar-refractivity contribution in [1.82, 2.24) is 0 Å². The monoisotopic (exact) mass is 301 g/mol. The number of carbonyl (C=O) groups excluding carboxylic acids is 1. The van der Waals surface area contributed by atoms with E-state index in [2.05, 4.69) is 0 Å². The van der Waals surface area contributed by atoms with Crippen LogP contribution in [0.4, 0.5) is 27.6 Å². The Balaban J connectivity index is 2.40. The van der Waals surface area contributed by atoms with Gasteiger partial charge in [0.1, 0.15) is 5.69 Å². The fraction of sp³-hybridized carbons (Fsp3) is 0.0714. The van der Waals surface area contributed by atoms with Crippen molar-refractivity contribution in [1.29, 1.82) is 0 Å². The second kappa shape index (κ2) is 5.51. The first-order chi connectivity index (χ1) is 9.82. The Labute approximate surface area is 116 Å². The van der Waals surface area contributed by atoms with Gasteiger partial charge in [-0.15, -0.1) is 0 Å². The lowest BCUT2D eigenvalue weighted by Gasteiger charge is -2.10. The Bertz CT molecular complexity index is 683. The molecule has 2 aromatic rings. The van der Waals surface area contributed by atoms with Crippen molar-refractivity contribution < 1.29 is 26.7 Å². The van der Waals surface area contributed by atoms with Crippen LogP contribution >= 0.6 is 0 Å². The maximum absolute atomic E-state index is 13.4. The number of halogens is 5. The van der Waals surface area contributed by atoms with Crippen LogP contribution in [0, 0.1) is 36.0 Å². The molecule has 1 amide bonds. The third-order valence-corrected chi connectivity index (χ3v) is 2.76. The molecule has 0 spiro atoms. The number of hydrogen-bond donors (Lipinski definition) is 1. The van der Waals surface area contributed by atoms with Crippen LogP contribution in [0.1, 0.15) is 15.9 Å². The zero-order chi connectivity index (χ0) is 15.7. The van der Waals surface area contributed by atoms with E-state index in [4.69, 9.17) is 0 Å². The Hall–Kier alpha value is -2.44. The predicted molar refractivity (Wildman–Crippen MR) is 65.4 cm³/mol. The van der Waals surface area contributed by atoms with Gasteiger partial charge in [0.2, 0.25) is 5.82 Å². The summed E-state index contributed by atoms with van der Waals surface area (Å²) in [5.74, 6) is -11.7. The molecule has 0 aliphatic heterocycles. The first kappa shape index (κ1) is 15.0. The molecule has 7 heteroatoms. The molecule has 21 heavy (non-hydrogen) atoms. The van der Waals surface area contributed by atoms with Gasteiger partial charge >= 0.3 is 0 Å². The molecule has 1 N–H and O–H groups in total. The minimum absolute atomic E-state index is 0.0181. The van der Waals surface area contributed by atoms with Crippen LogP contribution in [-0.2, 0) is 0 Å². The van der Waals surface area contributed by atoms with Crippen LogP contribution in [0.15, 0.2) is 24.3 Å². The van der Waals surface area contributed by atoms with Gasteiger partial charge in [-0.2, -0.15) is 0 Å². The van der Waals surface area contributed by atoms with Crippen LogP contribution in [0.5, 0.6) is 0 Å². The molecule has 2 nitrogen and oxygen atoms in total. The Morgan fingerprint density at radius 1 is 0.810 bits per heavy atom. The van der Waals surface area contributed by atoms with E-state index in [-0.39, 0.29) is 5.56 Å². The van der Waals surface area contributed by atoms with Gasteiger partial charge in [-0.05, 0) is 19.1 Å². The van der Waals surface area contributed by atoms with Crippen LogP contribution < -0.4 is 5.32 Å². The fourth-order valence-electron chi connectivity index (χ4n) is 1.61. The van der Waals surface area contributed by atoms with Crippen molar-refractivity contribution in [2.75, 3.05) is 5.32 Å². The average molecular weight is 301 g/mol. The largest absolute Gasteiger partial charge is 0.317 e. The predicted octanol–water partition coefficient (Wildman–Crippen LogP) is 3.94. The minimum Gasteiger partial charge on any atom is -0.317 e. The molecule has 0 aliphatic carbocycles. The molecule has 0 heterocycles. The third-order valence-electron chi connectivity index (χ3n) is 2.76. The number of anilines is 1. The van der Waals surface area contributed by atoms with E-state index in [1.807, 2.05) is 0 Å². The van der Waals surface area contributed by atoms with Crippen molar-refractivity contribution in [3.8, 4) is 0 Å². The molecule has 0 unspecified atom stereocenters. The molecule has 0 bridgehead atoms. The first-order valence-electron chi connectivity index (χ1n) is 5.72. The highest BCUT2D eigenvalue weighted by Crippen LogP contribution is 2.27. The Morgan fingerprint density at radius 2 is 1.24 bits per heavy atom. The number of rotatable bonds is 2. The summed E-state index contributed by atoms with van der Waals surface area (Å²) < 4.78 is 65.7. The maximum Gasteiger partial charge on any atom is 0.255 e. The van der Waals surface area contributed by atoms with Crippen molar-refractivity contribution >= 4 is 11.6 Å². The molecule has 0 saturated heterocycles. The van der Waals surface area contributed by atoms with Crippen LogP contribution in [0.25, 0.3) is 0 Å². The summed E-state index contributed by atoms with van der Waals surface area (Å²) in [6.07, 6.45) is 0. The number of hydrogen-bond acceptors (Lipinski definition) is 1. The van der Waals surface area contributed by atoms with Gasteiger partial charge < -0.3 is 5.32 Å². The quantitative estimate of drug-likeness (QED) is 0.508. The lowest BCUT2D eigenvalue weighted by molar-refractivity contribution is 0.102. The number of benzene rings is 2. The van der Waals surface area contributed by atoms with Crippen molar-refractivity contribution in [2.45, 2.75) is 6.92 Å². The molecule has 0 aliphatic rings. The van der Waals surface area contributed by atoms with E-state index >= 15 is 0 Å². The van der Waals surface area contributed by atoms with Crippen LogP contribution in [-0.4, -0.2) is 5.91 Å². The number of aryl methyl sites for hydroxylation is 1. The van der Waals surface area contributed by atoms with E-state index in [1.165, 1.54) is 12.1 Å². The smallest absolute Gasteiger partial charge is 0.255 e. The summed E-state index contributed by atoms with van der Waals surface area (Å²) >= 11 is 0. The highest BCUT2D eigenvalue weighted by Gasteiger charge is 2.26. The van der Waals surface area contributed by atoms with Crippen molar-refractivity contribution in [2.24, 2.45) is 0 Å². The van der Waals surface area contributed by atoms with Gasteiger partial charge in [0.15, 0.2) is 23.3 Å². The van der Waals surface area contributed by atoms with Gasteiger partial charge in [0.05, 0.1) is 0 Å². The summed E-state index contributed by atoms with van der Waals surface area (Å²) in [5, 5.41) is 1.69. The van der Waals surface area contributed by atoms with E-state index in [0.29, 0.717) is 0 Å². The molecular weight excluding hydrogens is 293 g/mol. The minimum atomic E-state index is -2.28. The zero-order valence-electron chi connectivity index (χ0n) is 10.6. The standard InChI is InChI=1S/C14H8F5NO/c1-6-2-4-7(5-3-6)14(21)20-13-11(18)9(16)8(15)10(17)12(13)19/h2-5H,1H3,(H,20,21). The topological polar surface area (TPSA) is 29.1 Å². The molecular formula is C14H8F5NO. The Morgan fingerprint density at radius 3 is 1.71 bits per heavy atom. The van der Waals surface area contributed by atoms with Gasteiger partial charge in [0.25, 0.3) is 5.91 Å². The third kappa shape index (κ3) is 2.72. The van der Waals surface area contributed by atoms with Crippen LogP contribution in [0.2, 0.25) is 0 Å². The zero-order valence-corrected chi connectivity index (χ0v) is 10.6. The van der Waals surface area contributed by atoms with Gasteiger partial charge in [-0.25, -0.2) is 22.0 Å². The van der Waals surface area contributed by atoms with E-state index in [9.17, 15) is 26.7 Å².